The van der Waals surface area contributed by atoms with E-state index in [0.717, 1.165) is 47.8 Å². The molecule has 11 heteroatoms. The third-order valence-corrected chi connectivity index (χ3v) is 10.1. The fourth-order valence-electron chi connectivity index (χ4n) is 6.64. The van der Waals surface area contributed by atoms with Gasteiger partial charge in [-0.2, -0.15) is 0 Å². The molecule has 256 valence electrons. The third-order valence-electron chi connectivity index (χ3n) is 9.10. The van der Waals surface area contributed by atoms with Crippen LogP contribution in [-0.4, -0.2) is 72.7 Å². The molecular weight excluding hydrogens is 641 g/mol. The standard InChI is InChI=1S/C38H42N4O6S/c1-6-40(7-2)37(45)33-24(4)39-38-42(35(33)34-27-14-10-9-13-26(27)16-18-29(34)46-5)36(44)31(49-38)22-25-15-17-28(30(21-25)47-8-3)48-23-32(43)41-19-11-12-20-41/h9-10,13-18,21-22,35H,6-8,11-12,19-20,23H2,1-5H3/b31-22-/t35-/m0/s1. The van der Waals surface area contributed by atoms with Gasteiger partial charge in [-0.05, 0) is 81.1 Å². The van der Waals surface area contributed by atoms with Gasteiger partial charge in [0.2, 0.25) is 0 Å². The van der Waals surface area contributed by atoms with E-state index in [9.17, 15) is 14.4 Å². The molecule has 0 unspecified atom stereocenters. The number of hydrogen-bond acceptors (Lipinski definition) is 8. The molecule has 0 aliphatic carbocycles. The Morgan fingerprint density at radius 3 is 2.43 bits per heavy atom. The molecule has 4 aromatic rings. The van der Waals surface area contributed by atoms with Crippen LogP contribution in [0.25, 0.3) is 16.8 Å². The fraction of sp³-hybridized carbons (Fsp3) is 0.368. The van der Waals surface area contributed by atoms with Gasteiger partial charge in [0.05, 0.1) is 29.5 Å². The van der Waals surface area contributed by atoms with Gasteiger partial charge in [-0.3, -0.25) is 19.0 Å². The number of carbonyl (C=O) groups is 2. The largest absolute Gasteiger partial charge is 0.496 e. The van der Waals surface area contributed by atoms with Crippen LogP contribution in [0, 0.1) is 0 Å². The van der Waals surface area contributed by atoms with Gasteiger partial charge in [-0.15, -0.1) is 0 Å². The lowest BCUT2D eigenvalue weighted by atomic mass is 9.90. The summed E-state index contributed by atoms with van der Waals surface area (Å²) in [5, 5.41) is 1.86. The second kappa shape index (κ2) is 14.7. The molecule has 0 N–H and O–H groups in total. The van der Waals surface area contributed by atoms with Crippen molar-refractivity contribution in [3.05, 3.63) is 96.7 Å². The first-order valence-electron chi connectivity index (χ1n) is 16.8. The summed E-state index contributed by atoms with van der Waals surface area (Å²) in [7, 11) is 1.60. The van der Waals surface area contributed by atoms with E-state index in [2.05, 4.69) is 0 Å². The second-order valence-electron chi connectivity index (χ2n) is 12.0. The minimum atomic E-state index is -0.768. The van der Waals surface area contributed by atoms with Crippen molar-refractivity contribution in [2.45, 2.75) is 46.6 Å². The van der Waals surface area contributed by atoms with Crippen molar-refractivity contribution in [2.24, 2.45) is 4.99 Å². The predicted molar refractivity (Wildman–Crippen MR) is 191 cm³/mol. The molecule has 1 fully saturated rings. The van der Waals surface area contributed by atoms with E-state index >= 15 is 0 Å². The Hall–Kier alpha value is -4.90. The number of thiazole rings is 1. The first-order chi connectivity index (χ1) is 23.8. The molecule has 2 aliphatic rings. The zero-order valence-electron chi connectivity index (χ0n) is 28.7. The van der Waals surface area contributed by atoms with E-state index in [-0.39, 0.29) is 24.0 Å². The maximum absolute atomic E-state index is 14.5. The summed E-state index contributed by atoms with van der Waals surface area (Å²) >= 11 is 1.27. The van der Waals surface area contributed by atoms with Crippen molar-refractivity contribution in [3.63, 3.8) is 0 Å². The van der Waals surface area contributed by atoms with E-state index < -0.39 is 6.04 Å². The molecule has 1 atom stereocenters. The zero-order chi connectivity index (χ0) is 34.7. The Morgan fingerprint density at radius 1 is 0.980 bits per heavy atom. The van der Waals surface area contributed by atoms with Crippen molar-refractivity contribution >= 4 is 40.0 Å². The summed E-state index contributed by atoms with van der Waals surface area (Å²) < 4.78 is 19.8. The Kier molecular flexibility index (Phi) is 10.2. The SMILES string of the molecule is CCOc1cc(/C=c2\sc3n(c2=O)[C@H](c2c(OC)ccc4ccccc24)C(C(=O)N(CC)CC)=C(C)N=3)ccc1OCC(=O)N1CCCC1. The number of carbonyl (C=O) groups excluding carboxylic acids is 2. The highest BCUT2D eigenvalue weighted by Gasteiger charge is 2.36. The normalized spacial score (nSPS) is 16.1. The van der Waals surface area contributed by atoms with Gasteiger partial charge < -0.3 is 24.0 Å². The Labute approximate surface area is 289 Å². The molecule has 3 aromatic carbocycles. The maximum Gasteiger partial charge on any atom is 0.271 e. The van der Waals surface area contributed by atoms with Gasteiger partial charge in [0.1, 0.15) is 11.8 Å². The van der Waals surface area contributed by atoms with Crippen LogP contribution in [0.15, 0.2) is 75.7 Å². The van der Waals surface area contributed by atoms with Crippen LogP contribution in [-0.2, 0) is 9.59 Å². The topological polar surface area (TPSA) is 103 Å². The number of benzene rings is 3. The number of aromatic nitrogens is 1. The zero-order valence-corrected chi connectivity index (χ0v) is 29.5. The number of allylic oxidation sites excluding steroid dienone is 1. The minimum absolute atomic E-state index is 0.0448. The Balaban J connectivity index is 1.47. The molecule has 1 aromatic heterocycles. The highest BCUT2D eigenvalue weighted by molar-refractivity contribution is 7.07. The average molecular weight is 683 g/mol. The van der Waals surface area contributed by atoms with Crippen LogP contribution in [0.1, 0.15) is 57.7 Å². The Bertz CT molecular complexity index is 2110. The van der Waals surface area contributed by atoms with Crippen molar-refractivity contribution in [3.8, 4) is 17.2 Å². The highest BCUT2D eigenvalue weighted by Crippen LogP contribution is 2.40. The molecule has 2 aliphatic heterocycles. The van der Waals surface area contributed by atoms with Crippen molar-refractivity contribution < 1.29 is 23.8 Å². The maximum atomic E-state index is 14.5. The monoisotopic (exact) mass is 682 g/mol. The van der Waals surface area contributed by atoms with Gasteiger partial charge in [0, 0.05) is 31.7 Å². The molecule has 49 heavy (non-hydrogen) atoms. The molecule has 0 spiro atoms. The molecule has 0 saturated carbocycles. The highest BCUT2D eigenvalue weighted by atomic mass is 32.1. The summed E-state index contributed by atoms with van der Waals surface area (Å²) in [5.74, 6) is 1.32. The lowest BCUT2D eigenvalue weighted by Crippen LogP contribution is -2.43. The number of likely N-dealkylation sites (N-methyl/N-ethyl adjacent to an activating group) is 1. The smallest absolute Gasteiger partial charge is 0.271 e. The van der Waals surface area contributed by atoms with Crippen LogP contribution < -0.4 is 29.1 Å². The van der Waals surface area contributed by atoms with Gasteiger partial charge in [-0.1, -0.05) is 47.7 Å². The van der Waals surface area contributed by atoms with Crippen LogP contribution in [0.4, 0.5) is 0 Å². The Morgan fingerprint density at radius 2 is 1.71 bits per heavy atom. The minimum Gasteiger partial charge on any atom is -0.496 e. The van der Waals surface area contributed by atoms with Crippen LogP contribution >= 0.6 is 11.3 Å². The molecule has 2 amide bonds. The molecule has 0 radical (unpaired) electrons. The van der Waals surface area contributed by atoms with Crippen molar-refractivity contribution in [1.29, 1.82) is 0 Å². The number of amides is 2. The van der Waals surface area contributed by atoms with Crippen LogP contribution in [0.3, 0.4) is 0 Å². The van der Waals surface area contributed by atoms with E-state index in [4.69, 9.17) is 19.2 Å². The first kappa shape index (κ1) is 34.0. The molecule has 6 rings (SSSR count). The fourth-order valence-corrected chi connectivity index (χ4v) is 7.68. The summed E-state index contributed by atoms with van der Waals surface area (Å²) in [6, 6.07) is 16.4. The van der Waals surface area contributed by atoms with E-state index in [0.29, 0.717) is 57.5 Å². The number of rotatable bonds is 11. The quantitative estimate of drug-likeness (QED) is 0.228. The second-order valence-corrected chi connectivity index (χ2v) is 13.0. The van der Waals surface area contributed by atoms with E-state index in [1.807, 2.05) is 81.1 Å². The third kappa shape index (κ3) is 6.59. The lowest BCUT2D eigenvalue weighted by molar-refractivity contribution is -0.132. The summed E-state index contributed by atoms with van der Waals surface area (Å²) in [5.41, 5.74) is 2.20. The molecular formula is C38H42N4O6S. The van der Waals surface area contributed by atoms with Gasteiger partial charge in [-0.25, -0.2) is 4.99 Å². The first-order valence-corrected chi connectivity index (χ1v) is 17.7. The van der Waals surface area contributed by atoms with Gasteiger partial charge in [0.25, 0.3) is 17.4 Å². The van der Waals surface area contributed by atoms with Crippen molar-refractivity contribution in [1.82, 2.24) is 14.4 Å². The number of likely N-dealkylation sites (tertiary alicyclic amines) is 1. The van der Waals surface area contributed by atoms with Gasteiger partial charge in [0.15, 0.2) is 22.9 Å². The summed E-state index contributed by atoms with van der Waals surface area (Å²) in [6.45, 7) is 10.5. The van der Waals surface area contributed by atoms with E-state index in [1.54, 1.807) is 28.7 Å². The van der Waals surface area contributed by atoms with E-state index in [1.165, 1.54) is 11.3 Å². The molecule has 3 heterocycles. The van der Waals surface area contributed by atoms with Crippen LogP contribution in [0.5, 0.6) is 17.2 Å². The number of nitrogens with zero attached hydrogens (tertiary/aromatic N) is 4. The van der Waals surface area contributed by atoms with Crippen molar-refractivity contribution in [2.75, 3.05) is 46.5 Å². The lowest BCUT2D eigenvalue weighted by Gasteiger charge is -2.30. The molecule has 0 bridgehead atoms. The number of ether oxygens (including phenoxy) is 3. The molecule has 1 saturated heterocycles. The van der Waals surface area contributed by atoms with Gasteiger partial charge >= 0.3 is 0 Å². The summed E-state index contributed by atoms with van der Waals surface area (Å²) in [4.78, 5) is 50.2. The average Bonchev–Trinajstić information content (AvgIpc) is 3.76. The molecule has 10 nitrogen and oxygen atoms in total. The predicted octanol–water partition coefficient (Wildman–Crippen LogP) is 4.67. The number of fused-ring (bicyclic) bond motifs is 2. The number of methoxy groups -OCH3 is 1. The number of hydrogen-bond donors (Lipinski definition) is 0. The van der Waals surface area contributed by atoms with Crippen LogP contribution in [0.2, 0.25) is 0 Å². The summed E-state index contributed by atoms with van der Waals surface area (Å²) in [6.07, 6.45) is 3.83.